The maximum atomic E-state index is 12.9. The third-order valence-electron chi connectivity index (χ3n) is 3.67. The van der Waals surface area contributed by atoms with Crippen molar-refractivity contribution < 1.29 is 13.3 Å². The molecule has 1 unspecified atom stereocenters. The number of nitrogens with zero attached hydrogens (tertiary/aromatic N) is 2. The van der Waals surface area contributed by atoms with Gasteiger partial charge in [-0.1, -0.05) is 29.8 Å². The molecule has 2 aromatic carbocycles. The summed E-state index contributed by atoms with van der Waals surface area (Å²) >= 11 is 7.71. The molecule has 1 heterocycles. The molecule has 1 aliphatic rings. The van der Waals surface area contributed by atoms with Gasteiger partial charge in [0.2, 0.25) is 10.0 Å². The maximum absolute atomic E-state index is 12.9. The molecular weight excluding hydrogens is 372 g/mol. The fourth-order valence-corrected chi connectivity index (χ4v) is 6.07. The van der Waals surface area contributed by atoms with E-state index < -0.39 is 20.3 Å². The molecule has 0 amide bonds. The average molecular weight is 385 g/mol. The quantitative estimate of drug-likeness (QED) is 0.593. The molecule has 0 aromatic heterocycles. The lowest BCUT2D eigenvalue weighted by atomic mass is 10.2. The van der Waals surface area contributed by atoms with Gasteiger partial charge in [-0.3, -0.25) is 10.1 Å². The molecule has 24 heavy (non-hydrogen) atoms. The van der Waals surface area contributed by atoms with E-state index in [1.807, 2.05) is 12.1 Å². The summed E-state index contributed by atoms with van der Waals surface area (Å²) in [6, 6.07) is 12.1. The van der Waals surface area contributed by atoms with Crippen molar-refractivity contribution in [3.05, 3.63) is 69.2 Å². The summed E-state index contributed by atoms with van der Waals surface area (Å²) < 4.78 is 27.2. The Morgan fingerprint density at radius 3 is 2.46 bits per heavy atom. The molecule has 1 fully saturated rings. The Hall–Kier alpha value is -1.61. The van der Waals surface area contributed by atoms with Crippen molar-refractivity contribution in [2.75, 3.05) is 12.3 Å². The van der Waals surface area contributed by atoms with Crippen LogP contribution >= 0.6 is 23.4 Å². The Morgan fingerprint density at radius 2 is 1.83 bits per heavy atom. The van der Waals surface area contributed by atoms with Crippen molar-refractivity contribution in [3.8, 4) is 0 Å². The van der Waals surface area contributed by atoms with Gasteiger partial charge in [0.05, 0.1) is 15.2 Å². The van der Waals surface area contributed by atoms with Gasteiger partial charge in [0.15, 0.2) is 0 Å². The average Bonchev–Trinajstić information content (AvgIpc) is 3.05. The van der Waals surface area contributed by atoms with Crippen LogP contribution in [0.4, 0.5) is 5.69 Å². The SMILES string of the molecule is O=[N+]([O-])c1ccc(S(=O)(=O)N2CCSC2c2ccccc2Cl)cc1. The van der Waals surface area contributed by atoms with Gasteiger partial charge < -0.3 is 0 Å². The zero-order chi connectivity index (χ0) is 17.3. The summed E-state index contributed by atoms with van der Waals surface area (Å²) in [5.74, 6) is 0.655. The van der Waals surface area contributed by atoms with Crippen molar-refractivity contribution in [2.45, 2.75) is 10.3 Å². The third-order valence-corrected chi connectivity index (χ3v) is 7.27. The van der Waals surface area contributed by atoms with E-state index in [0.717, 1.165) is 5.56 Å². The van der Waals surface area contributed by atoms with Crippen LogP contribution in [0, 0.1) is 10.1 Å². The third kappa shape index (κ3) is 3.14. The second-order valence-corrected chi connectivity index (χ2v) is 8.60. The highest BCUT2D eigenvalue weighted by Gasteiger charge is 2.37. The number of sulfonamides is 1. The number of hydrogen-bond acceptors (Lipinski definition) is 5. The highest BCUT2D eigenvalue weighted by molar-refractivity contribution is 8.01. The molecule has 1 atom stereocenters. The van der Waals surface area contributed by atoms with Crippen LogP contribution in [0.15, 0.2) is 53.4 Å². The van der Waals surface area contributed by atoms with Crippen LogP contribution < -0.4 is 0 Å². The lowest BCUT2D eigenvalue weighted by Crippen LogP contribution is -2.30. The second kappa shape index (κ2) is 6.72. The normalized spacial score (nSPS) is 18.6. The van der Waals surface area contributed by atoms with E-state index in [9.17, 15) is 18.5 Å². The maximum Gasteiger partial charge on any atom is 0.269 e. The van der Waals surface area contributed by atoms with Gasteiger partial charge in [0.25, 0.3) is 5.69 Å². The van der Waals surface area contributed by atoms with Crippen LogP contribution in [0.1, 0.15) is 10.9 Å². The lowest BCUT2D eigenvalue weighted by Gasteiger charge is -2.24. The minimum Gasteiger partial charge on any atom is -0.258 e. The Labute approximate surface area is 148 Å². The molecular formula is C15H13ClN2O4S2. The smallest absolute Gasteiger partial charge is 0.258 e. The zero-order valence-electron chi connectivity index (χ0n) is 12.3. The van der Waals surface area contributed by atoms with Crippen LogP contribution in [0.2, 0.25) is 5.02 Å². The molecule has 2 aromatic rings. The number of nitro benzene ring substituents is 1. The summed E-state index contributed by atoms with van der Waals surface area (Å²) in [5, 5.41) is 10.8. The Balaban J connectivity index is 1.96. The fraction of sp³-hybridized carbons (Fsp3) is 0.200. The molecule has 0 radical (unpaired) electrons. The van der Waals surface area contributed by atoms with Gasteiger partial charge in [-0.25, -0.2) is 8.42 Å². The van der Waals surface area contributed by atoms with Crippen LogP contribution in [-0.4, -0.2) is 29.9 Å². The minimum atomic E-state index is -3.76. The Morgan fingerprint density at radius 1 is 1.17 bits per heavy atom. The number of benzene rings is 2. The van der Waals surface area contributed by atoms with Crippen molar-refractivity contribution in [2.24, 2.45) is 0 Å². The van der Waals surface area contributed by atoms with E-state index in [4.69, 9.17) is 11.6 Å². The first-order valence-corrected chi connectivity index (χ1v) is 9.90. The highest BCUT2D eigenvalue weighted by Crippen LogP contribution is 2.43. The van der Waals surface area contributed by atoms with E-state index >= 15 is 0 Å². The standard InChI is InChI=1S/C15H13ClN2O4S2/c16-14-4-2-1-3-13(14)15-17(9-10-23-15)24(21,22)12-7-5-11(6-8-12)18(19)20/h1-8,15H,9-10H2. The lowest BCUT2D eigenvalue weighted by molar-refractivity contribution is -0.384. The minimum absolute atomic E-state index is 0.0349. The molecule has 9 heteroatoms. The first-order valence-electron chi connectivity index (χ1n) is 7.03. The van der Waals surface area contributed by atoms with Crippen LogP contribution in [0.3, 0.4) is 0 Å². The largest absolute Gasteiger partial charge is 0.269 e. The van der Waals surface area contributed by atoms with E-state index in [-0.39, 0.29) is 10.6 Å². The summed E-state index contributed by atoms with van der Waals surface area (Å²) in [6.45, 7) is 0.361. The fourth-order valence-electron chi connectivity index (χ4n) is 2.50. The van der Waals surface area contributed by atoms with Crippen LogP contribution in [-0.2, 0) is 10.0 Å². The highest BCUT2D eigenvalue weighted by atomic mass is 35.5. The van der Waals surface area contributed by atoms with Gasteiger partial charge in [-0.2, -0.15) is 4.31 Å². The molecule has 1 saturated heterocycles. The summed E-state index contributed by atoms with van der Waals surface area (Å²) in [7, 11) is -3.76. The molecule has 0 N–H and O–H groups in total. The number of thioether (sulfide) groups is 1. The summed E-state index contributed by atoms with van der Waals surface area (Å²) in [5.41, 5.74) is 0.597. The molecule has 126 valence electrons. The monoisotopic (exact) mass is 384 g/mol. The molecule has 6 nitrogen and oxygen atoms in total. The van der Waals surface area contributed by atoms with Crippen molar-refractivity contribution in [1.82, 2.24) is 4.31 Å². The van der Waals surface area contributed by atoms with Crippen LogP contribution in [0.5, 0.6) is 0 Å². The van der Waals surface area contributed by atoms with E-state index in [1.54, 1.807) is 12.1 Å². The Bertz CT molecular complexity index is 871. The summed E-state index contributed by atoms with van der Waals surface area (Å²) in [4.78, 5) is 10.2. The molecule has 0 bridgehead atoms. The topological polar surface area (TPSA) is 80.5 Å². The van der Waals surface area contributed by atoms with E-state index in [1.165, 1.54) is 40.3 Å². The van der Waals surface area contributed by atoms with Gasteiger partial charge in [-0.05, 0) is 23.8 Å². The van der Waals surface area contributed by atoms with Crippen LogP contribution in [0.25, 0.3) is 0 Å². The van der Waals surface area contributed by atoms with Crippen molar-refractivity contribution in [1.29, 1.82) is 0 Å². The number of halogens is 1. The first-order chi connectivity index (χ1) is 11.4. The molecule has 1 aliphatic heterocycles. The molecule has 0 saturated carbocycles. The first kappa shape index (κ1) is 17.2. The van der Waals surface area contributed by atoms with Gasteiger partial charge in [0.1, 0.15) is 0 Å². The van der Waals surface area contributed by atoms with E-state index in [2.05, 4.69) is 0 Å². The summed E-state index contributed by atoms with van der Waals surface area (Å²) in [6.07, 6.45) is 0. The van der Waals surface area contributed by atoms with Gasteiger partial charge >= 0.3 is 0 Å². The number of hydrogen-bond donors (Lipinski definition) is 0. The second-order valence-electron chi connectivity index (χ2n) is 5.11. The van der Waals surface area contributed by atoms with E-state index in [0.29, 0.717) is 17.3 Å². The zero-order valence-corrected chi connectivity index (χ0v) is 14.7. The number of nitro groups is 1. The number of rotatable bonds is 4. The predicted octanol–water partition coefficient (Wildman–Crippen LogP) is 3.68. The van der Waals surface area contributed by atoms with Crippen molar-refractivity contribution >= 4 is 39.1 Å². The number of non-ortho nitro benzene ring substituents is 1. The van der Waals surface area contributed by atoms with Gasteiger partial charge in [0, 0.05) is 29.5 Å². The Kier molecular flexibility index (Phi) is 4.82. The predicted molar refractivity (Wildman–Crippen MR) is 93.6 cm³/mol. The molecule has 0 spiro atoms. The van der Waals surface area contributed by atoms with Crippen molar-refractivity contribution in [3.63, 3.8) is 0 Å². The molecule has 3 rings (SSSR count). The molecule has 0 aliphatic carbocycles. The van der Waals surface area contributed by atoms with Gasteiger partial charge in [-0.15, -0.1) is 11.8 Å².